The lowest BCUT2D eigenvalue weighted by Crippen LogP contribution is -2.12. The Morgan fingerprint density at radius 3 is 2.12 bits per heavy atom. The van der Waals surface area contributed by atoms with Crippen molar-refractivity contribution in [2.75, 3.05) is 11.9 Å². The molecule has 6 rings (SSSR count). The molecule has 6 aromatic rings. The van der Waals surface area contributed by atoms with E-state index in [4.69, 9.17) is 19.0 Å². The molecule has 57 heavy (non-hydrogen) atoms. The molecule has 0 spiro atoms. The molecule has 2 heterocycles. The third kappa shape index (κ3) is 11.4. The minimum atomic E-state index is -0.472. The van der Waals surface area contributed by atoms with E-state index >= 15 is 0 Å². The van der Waals surface area contributed by atoms with Gasteiger partial charge in [-0.1, -0.05) is 139 Å². The zero-order valence-corrected chi connectivity index (χ0v) is 34.3. The molecule has 0 aliphatic carbocycles. The number of carbonyl (C=O) groups is 1. The summed E-state index contributed by atoms with van der Waals surface area (Å²) in [6, 6.07) is 25.9. The smallest absolute Gasteiger partial charge is 0.276 e. The number of para-hydroxylation sites is 1. The first kappa shape index (κ1) is 41.3. The summed E-state index contributed by atoms with van der Waals surface area (Å²) in [6.07, 6.45) is 16.3. The molecule has 0 aliphatic heterocycles. The number of unbranched alkanes of at least 4 members (excludes halogenated alkanes) is 11. The first-order valence-corrected chi connectivity index (χ1v) is 21.5. The van der Waals surface area contributed by atoms with Crippen molar-refractivity contribution < 1.29 is 23.8 Å². The van der Waals surface area contributed by atoms with Crippen molar-refractivity contribution in [1.29, 1.82) is 0 Å². The van der Waals surface area contributed by atoms with Gasteiger partial charge in [-0.2, -0.15) is 5.10 Å². The van der Waals surface area contributed by atoms with Crippen molar-refractivity contribution in [3.05, 3.63) is 108 Å². The van der Waals surface area contributed by atoms with Crippen LogP contribution in [0.1, 0.15) is 118 Å². The molecule has 0 aliphatic rings. The normalized spacial score (nSPS) is 11.3. The minimum Gasteiger partial charge on any atom is -0.506 e. The Labute approximate surface area is 340 Å². The summed E-state index contributed by atoms with van der Waals surface area (Å²) < 4.78 is 20.3. The Morgan fingerprint density at radius 1 is 0.807 bits per heavy atom. The van der Waals surface area contributed by atoms with Crippen LogP contribution in [0.2, 0.25) is 0 Å². The molecule has 0 saturated carbocycles. The number of ether oxygens (including phenoxy) is 2. The third-order valence-corrected chi connectivity index (χ3v) is 10.9. The molecule has 2 aromatic heterocycles. The largest absolute Gasteiger partial charge is 0.506 e. The van der Waals surface area contributed by atoms with Crippen LogP contribution in [-0.2, 0) is 12.2 Å². The van der Waals surface area contributed by atoms with Crippen molar-refractivity contribution in [3.8, 4) is 28.8 Å². The number of phenols is 1. The van der Waals surface area contributed by atoms with Gasteiger partial charge >= 0.3 is 0 Å². The number of aryl methyl sites for hydroxylation is 2. The van der Waals surface area contributed by atoms with E-state index < -0.39 is 5.91 Å². The number of amides is 1. The molecular formula is C46H55N5O5S. The van der Waals surface area contributed by atoms with Gasteiger partial charge in [-0.25, -0.2) is 4.68 Å². The molecule has 300 valence electrons. The van der Waals surface area contributed by atoms with Gasteiger partial charge in [0.2, 0.25) is 11.8 Å². The Bertz CT molecular complexity index is 2170. The number of aromatic hydroxyl groups is 1. The van der Waals surface area contributed by atoms with Gasteiger partial charge in [0.25, 0.3) is 11.1 Å². The van der Waals surface area contributed by atoms with Gasteiger partial charge in [0, 0.05) is 34.2 Å². The number of anilines is 1. The quantitative estimate of drug-likeness (QED) is 0.0482. The van der Waals surface area contributed by atoms with E-state index in [1.54, 1.807) is 16.8 Å². The number of carbonyl (C=O) groups excluding carboxylic acids is 1. The number of hydrogen-bond acceptors (Lipinski definition) is 9. The maximum absolute atomic E-state index is 13.8. The van der Waals surface area contributed by atoms with Crippen LogP contribution in [0.25, 0.3) is 16.5 Å². The fraction of sp³-hybridized carbons (Fsp3) is 0.391. The molecule has 11 heteroatoms. The van der Waals surface area contributed by atoms with E-state index in [1.807, 2.05) is 86.6 Å². The molecule has 0 unspecified atom stereocenters. The molecule has 0 fully saturated rings. The van der Waals surface area contributed by atoms with E-state index in [2.05, 4.69) is 22.4 Å². The number of nitrogens with zero attached hydrogens (tertiary/aromatic N) is 4. The fourth-order valence-electron chi connectivity index (χ4n) is 6.78. The number of nitrogens with one attached hydrogen (secondary N) is 1. The van der Waals surface area contributed by atoms with E-state index in [-0.39, 0.29) is 11.3 Å². The number of aromatic nitrogens is 4. The zero-order valence-electron chi connectivity index (χ0n) is 33.5. The van der Waals surface area contributed by atoms with Crippen LogP contribution >= 0.6 is 11.8 Å². The van der Waals surface area contributed by atoms with Gasteiger partial charge in [0.1, 0.15) is 17.2 Å². The van der Waals surface area contributed by atoms with Crippen LogP contribution in [-0.4, -0.2) is 37.6 Å². The summed E-state index contributed by atoms with van der Waals surface area (Å²) in [6.45, 7) is 6.82. The average Bonchev–Trinajstić information content (AvgIpc) is 3.83. The van der Waals surface area contributed by atoms with Gasteiger partial charge in [-0.3, -0.25) is 4.79 Å². The number of rotatable bonds is 23. The minimum absolute atomic E-state index is 0.0763. The van der Waals surface area contributed by atoms with E-state index in [1.165, 1.54) is 82.4 Å². The van der Waals surface area contributed by atoms with Gasteiger partial charge in [0.15, 0.2) is 0 Å². The van der Waals surface area contributed by atoms with Crippen LogP contribution < -0.4 is 14.8 Å². The van der Waals surface area contributed by atoms with E-state index in [9.17, 15) is 9.90 Å². The second-order valence-corrected chi connectivity index (χ2v) is 15.3. The van der Waals surface area contributed by atoms with Crippen LogP contribution in [0.3, 0.4) is 0 Å². The van der Waals surface area contributed by atoms with Crippen molar-refractivity contribution in [2.45, 2.75) is 115 Å². The first-order chi connectivity index (χ1) is 27.9. The summed E-state index contributed by atoms with van der Waals surface area (Å²) in [4.78, 5) is 13.8. The van der Waals surface area contributed by atoms with Crippen molar-refractivity contribution >= 4 is 34.1 Å². The fourth-order valence-corrected chi connectivity index (χ4v) is 7.64. The summed E-state index contributed by atoms with van der Waals surface area (Å²) in [5.41, 5.74) is 3.05. The van der Waals surface area contributed by atoms with Crippen molar-refractivity contribution in [2.24, 2.45) is 0 Å². The Kier molecular flexibility index (Phi) is 15.4. The van der Waals surface area contributed by atoms with E-state index in [0.29, 0.717) is 58.0 Å². The lowest BCUT2D eigenvalue weighted by atomic mass is 10.0. The first-order valence-electron chi connectivity index (χ1n) is 20.5. The highest BCUT2D eigenvalue weighted by Crippen LogP contribution is 2.41. The second kappa shape index (κ2) is 21.3. The standard InChI is InChI=1S/C46H55N5O5S/c1-4-6-7-8-9-10-11-12-13-14-15-21-30-54-36-28-26-34(27-29-36)47-44(53)39-31-41(37-24-19-20-25-38(37)43(39)52)55-45-40(32-57-46-49-48-42(5-2)56-46)33(3)50-51(45)35-22-17-16-18-23-35/h16-20,22-29,31,52H,4-15,21,30,32H2,1-3H3,(H,47,53). The molecule has 0 saturated heterocycles. The van der Waals surface area contributed by atoms with Crippen LogP contribution in [0.5, 0.6) is 23.1 Å². The summed E-state index contributed by atoms with van der Waals surface area (Å²) in [5, 5.41) is 29.1. The highest BCUT2D eigenvalue weighted by atomic mass is 32.2. The predicted molar refractivity (Wildman–Crippen MR) is 228 cm³/mol. The van der Waals surface area contributed by atoms with Gasteiger partial charge in [-0.15, -0.1) is 10.2 Å². The third-order valence-electron chi connectivity index (χ3n) is 10.0. The lowest BCUT2D eigenvalue weighted by molar-refractivity contribution is 0.102. The van der Waals surface area contributed by atoms with Crippen LogP contribution in [0.15, 0.2) is 94.6 Å². The Balaban J connectivity index is 1.11. The average molecular weight is 790 g/mol. The number of fused-ring (bicyclic) bond motifs is 1. The maximum atomic E-state index is 13.8. The number of thioether (sulfide) groups is 1. The molecular weight excluding hydrogens is 735 g/mol. The molecule has 1 amide bonds. The number of phenolic OH excluding ortho intramolecular Hbond substituents is 1. The van der Waals surface area contributed by atoms with E-state index in [0.717, 1.165) is 29.1 Å². The van der Waals surface area contributed by atoms with Gasteiger partial charge in [-0.05, 0) is 55.8 Å². The highest BCUT2D eigenvalue weighted by Gasteiger charge is 2.24. The Morgan fingerprint density at radius 2 is 1.46 bits per heavy atom. The zero-order chi connectivity index (χ0) is 39.8. The summed E-state index contributed by atoms with van der Waals surface area (Å²) in [7, 11) is 0. The number of hydrogen-bond donors (Lipinski definition) is 2. The van der Waals surface area contributed by atoms with Crippen LogP contribution in [0.4, 0.5) is 5.69 Å². The maximum Gasteiger partial charge on any atom is 0.276 e. The predicted octanol–water partition coefficient (Wildman–Crippen LogP) is 12.4. The highest BCUT2D eigenvalue weighted by molar-refractivity contribution is 7.98. The number of benzene rings is 4. The monoisotopic (exact) mass is 789 g/mol. The van der Waals surface area contributed by atoms with Crippen LogP contribution in [0, 0.1) is 6.92 Å². The van der Waals surface area contributed by atoms with Crippen molar-refractivity contribution in [3.63, 3.8) is 0 Å². The second-order valence-electron chi connectivity index (χ2n) is 14.4. The lowest BCUT2D eigenvalue weighted by Gasteiger charge is -2.16. The summed E-state index contributed by atoms with van der Waals surface area (Å²) >= 11 is 1.40. The van der Waals surface area contributed by atoms with Gasteiger partial charge < -0.3 is 24.3 Å². The topological polar surface area (TPSA) is 125 Å². The molecule has 0 radical (unpaired) electrons. The Hall–Kier alpha value is -5.29. The summed E-state index contributed by atoms with van der Waals surface area (Å²) in [5.74, 6) is 2.03. The van der Waals surface area contributed by atoms with Gasteiger partial charge in [0.05, 0.1) is 23.6 Å². The molecule has 2 N–H and O–H groups in total. The molecule has 4 aromatic carbocycles. The SMILES string of the molecule is CCCCCCCCCCCCCCOc1ccc(NC(=O)c2cc(Oc3c(CSc4nnc(CC)o4)c(C)nn3-c3ccccc3)c3ccccc3c2O)cc1. The van der Waals surface area contributed by atoms with Crippen molar-refractivity contribution in [1.82, 2.24) is 20.0 Å². The molecule has 0 atom stereocenters. The molecule has 0 bridgehead atoms. The molecule has 10 nitrogen and oxygen atoms in total.